The fourth-order valence-electron chi connectivity index (χ4n) is 2.52. The molecule has 0 saturated heterocycles. The summed E-state index contributed by atoms with van der Waals surface area (Å²) < 4.78 is 11.8. The van der Waals surface area contributed by atoms with Gasteiger partial charge in [-0.1, -0.05) is 60.7 Å². The maximum Gasteiger partial charge on any atom is 0.123 e. The predicted molar refractivity (Wildman–Crippen MR) is 104 cm³/mol. The Kier molecular flexibility index (Phi) is 6.53. The zero-order valence-corrected chi connectivity index (χ0v) is 15.1. The minimum atomic E-state index is -0.768. The molecule has 134 valence electrons. The van der Waals surface area contributed by atoms with Crippen LogP contribution in [0.2, 0.25) is 0 Å². The van der Waals surface area contributed by atoms with Gasteiger partial charge >= 0.3 is 0 Å². The summed E-state index contributed by atoms with van der Waals surface area (Å²) in [5, 5.41) is 10.1. The highest BCUT2D eigenvalue weighted by Gasteiger charge is 2.11. The van der Waals surface area contributed by atoms with E-state index in [0.717, 1.165) is 11.1 Å². The number of ether oxygens (including phenoxy) is 2. The van der Waals surface area contributed by atoms with Crippen LogP contribution in [0.5, 0.6) is 11.5 Å². The van der Waals surface area contributed by atoms with E-state index in [0.29, 0.717) is 30.3 Å². The van der Waals surface area contributed by atoms with Crippen molar-refractivity contribution < 1.29 is 14.6 Å². The van der Waals surface area contributed by atoms with Crippen molar-refractivity contribution in [1.29, 1.82) is 0 Å². The highest BCUT2D eigenvalue weighted by atomic mass is 35.5. The van der Waals surface area contributed by atoms with Gasteiger partial charge in [-0.2, -0.15) is 0 Å². The van der Waals surface area contributed by atoms with Crippen LogP contribution in [-0.4, -0.2) is 11.0 Å². The average Bonchev–Trinajstić information content (AvgIpc) is 2.71. The smallest absolute Gasteiger partial charge is 0.123 e. The van der Waals surface area contributed by atoms with E-state index < -0.39 is 6.10 Å². The average molecular weight is 369 g/mol. The van der Waals surface area contributed by atoms with Crippen LogP contribution in [0.3, 0.4) is 0 Å². The van der Waals surface area contributed by atoms with Gasteiger partial charge in [-0.25, -0.2) is 0 Å². The third-order valence-electron chi connectivity index (χ3n) is 3.93. The Bertz CT molecular complexity index is 744. The molecular formula is C22H21ClO3. The molecule has 0 aliphatic rings. The van der Waals surface area contributed by atoms with E-state index in [2.05, 4.69) is 0 Å². The Morgan fingerprint density at radius 2 is 1.19 bits per heavy atom. The van der Waals surface area contributed by atoms with Crippen LogP contribution in [0.1, 0.15) is 22.8 Å². The number of hydrogen-bond donors (Lipinski definition) is 1. The summed E-state index contributed by atoms with van der Waals surface area (Å²) in [5.41, 5.74) is 2.82. The molecule has 0 bridgehead atoms. The van der Waals surface area contributed by atoms with Crippen molar-refractivity contribution in [1.82, 2.24) is 0 Å². The Labute approximate surface area is 158 Å². The number of aliphatic hydroxyl groups excluding tert-OH is 1. The lowest BCUT2D eigenvalue weighted by molar-refractivity contribution is 0.200. The minimum absolute atomic E-state index is 0.111. The highest BCUT2D eigenvalue weighted by Crippen LogP contribution is 2.28. The molecule has 3 nitrogen and oxygen atoms in total. The second-order valence-corrected chi connectivity index (χ2v) is 6.27. The molecule has 0 heterocycles. The topological polar surface area (TPSA) is 38.7 Å². The normalized spacial score (nSPS) is 11.8. The second kappa shape index (κ2) is 9.27. The Hall–Kier alpha value is -2.49. The molecule has 0 saturated carbocycles. The fraction of sp³-hybridized carbons (Fsp3) is 0.182. The molecule has 0 aromatic heterocycles. The molecule has 0 radical (unpaired) electrons. The number of aliphatic hydroxyl groups is 1. The zero-order valence-electron chi connectivity index (χ0n) is 14.3. The van der Waals surface area contributed by atoms with E-state index in [4.69, 9.17) is 21.1 Å². The van der Waals surface area contributed by atoms with E-state index >= 15 is 0 Å². The molecule has 0 aliphatic heterocycles. The Balaban J connectivity index is 1.74. The summed E-state index contributed by atoms with van der Waals surface area (Å²) in [6.07, 6.45) is -0.768. The maximum absolute atomic E-state index is 10.1. The summed E-state index contributed by atoms with van der Waals surface area (Å²) >= 11 is 5.81. The zero-order chi connectivity index (χ0) is 18.2. The minimum Gasteiger partial charge on any atom is -0.489 e. The summed E-state index contributed by atoms with van der Waals surface area (Å²) in [5.74, 6) is 1.39. The summed E-state index contributed by atoms with van der Waals surface area (Å²) in [7, 11) is 0. The lowest BCUT2D eigenvalue weighted by Gasteiger charge is -2.14. The van der Waals surface area contributed by atoms with Crippen LogP contribution < -0.4 is 9.47 Å². The second-order valence-electron chi connectivity index (χ2n) is 5.96. The first-order chi connectivity index (χ1) is 12.7. The van der Waals surface area contributed by atoms with Gasteiger partial charge in [0.25, 0.3) is 0 Å². The fourth-order valence-corrected chi connectivity index (χ4v) is 2.70. The van der Waals surface area contributed by atoms with Crippen molar-refractivity contribution in [3.63, 3.8) is 0 Å². The van der Waals surface area contributed by atoms with Gasteiger partial charge in [0, 0.05) is 6.07 Å². The van der Waals surface area contributed by atoms with Gasteiger partial charge in [0.05, 0.1) is 12.0 Å². The van der Waals surface area contributed by atoms with Gasteiger partial charge < -0.3 is 14.6 Å². The molecule has 0 amide bonds. The maximum atomic E-state index is 10.1. The lowest BCUT2D eigenvalue weighted by atomic mass is 10.1. The first kappa shape index (κ1) is 18.3. The number of alkyl halides is 1. The number of hydrogen-bond acceptors (Lipinski definition) is 3. The molecule has 1 atom stereocenters. The van der Waals surface area contributed by atoms with Crippen LogP contribution in [0.25, 0.3) is 0 Å². The third kappa shape index (κ3) is 5.25. The molecule has 4 heteroatoms. The van der Waals surface area contributed by atoms with Gasteiger partial charge in [-0.05, 0) is 28.8 Å². The SMILES string of the molecule is OC(CCl)c1cc(OCc2ccccc2)cc(OCc2ccccc2)c1. The predicted octanol–water partition coefficient (Wildman–Crippen LogP) is 5.12. The van der Waals surface area contributed by atoms with Gasteiger partial charge in [0.1, 0.15) is 24.7 Å². The summed E-state index contributed by atoms with van der Waals surface area (Å²) in [6, 6.07) is 25.3. The first-order valence-electron chi connectivity index (χ1n) is 8.47. The van der Waals surface area contributed by atoms with E-state index in [-0.39, 0.29) is 5.88 Å². The Morgan fingerprint density at radius 3 is 1.62 bits per heavy atom. The van der Waals surface area contributed by atoms with Crippen molar-refractivity contribution in [3.8, 4) is 11.5 Å². The number of benzene rings is 3. The molecule has 3 aromatic rings. The largest absolute Gasteiger partial charge is 0.489 e. The highest BCUT2D eigenvalue weighted by molar-refractivity contribution is 6.18. The van der Waals surface area contributed by atoms with Gasteiger partial charge in [0.15, 0.2) is 0 Å². The van der Waals surface area contributed by atoms with Crippen LogP contribution in [0.15, 0.2) is 78.9 Å². The monoisotopic (exact) mass is 368 g/mol. The lowest BCUT2D eigenvalue weighted by Crippen LogP contribution is -2.03. The van der Waals surface area contributed by atoms with E-state index in [1.54, 1.807) is 12.1 Å². The molecule has 1 N–H and O–H groups in total. The molecule has 0 aliphatic carbocycles. The van der Waals surface area contributed by atoms with Gasteiger partial charge in [-0.3, -0.25) is 0 Å². The van der Waals surface area contributed by atoms with Gasteiger partial charge in [0.2, 0.25) is 0 Å². The molecule has 3 rings (SSSR count). The van der Waals surface area contributed by atoms with E-state index in [1.165, 1.54) is 0 Å². The molecular weight excluding hydrogens is 348 g/mol. The third-order valence-corrected chi connectivity index (χ3v) is 4.22. The van der Waals surface area contributed by atoms with Crippen LogP contribution >= 0.6 is 11.6 Å². The van der Waals surface area contributed by atoms with Crippen LogP contribution in [0, 0.1) is 0 Å². The quantitative estimate of drug-likeness (QED) is 0.561. The Morgan fingerprint density at radius 1 is 0.731 bits per heavy atom. The number of halogens is 1. The van der Waals surface area contributed by atoms with Crippen molar-refractivity contribution in [2.75, 3.05) is 5.88 Å². The summed E-state index contributed by atoms with van der Waals surface area (Å²) in [4.78, 5) is 0. The van der Waals surface area contributed by atoms with Crippen molar-refractivity contribution in [2.24, 2.45) is 0 Å². The van der Waals surface area contributed by atoms with E-state index in [1.807, 2.05) is 66.7 Å². The van der Waals surface area contributed by atoms with Crippen LogP contribution in [-0.2, 0) is 13.2 Å². The first-order valence-corrected chi connectivity index (χ1v) is 9.00. The van der Waals surface area contributed by atoms with Gasteiger partial charge in [-0.15, -0.1) is 11.6 Å². The van der Waals surface area contributed by atoms with E-state index in [9.17, 15) is 5.11 Å². The molecule has 0 fully saturated rings. The molecule has 3 aromatic carbocycles. The molecule has 26 heavy (non-hydrogen) atoms. The summed E-state index contributed by atoms with van der Waals surface area (Å²) in [6.45, 7) is 0.888. The molecule has 0 spiro atoms. The van der Waals surface area contributed by atoms with Crippen molar-refractivity contribution in [3.05, 3.63) is 95.6 Å². The standard InChI is InChI=1S/C22H21ClO3/c23-14-22(24)19-11-20(25-15-17-7-3-1-4-8-17)13-21(12-19)26-16-18-9-5-2-6-10-18/h1-13,22,24H,14-16H2. The van der Waals surface area contributed by atoms with Crippen LogP contribution in [0.4, 0.5) is 0 Å². The molecule has 1 unspecified atom stereocenters. The van der Waals surface area contributed by atoms with Crippen molar-refractivity contribution in [2.45, 2.75) is 19.3 Å². The number of rotatable bonds is 8. The van der Waals surface area contributed by atoms with Crippen molar-refractivity contribution >= 4 is 11.6 Å².